The summed E-state index contributed by atoms with van der Waals surface area (Å²) in [6, 6.07) is 14.7. The van der Waals surface area contributed by atoms with E-state index >= 15 is 0 Å². The third kappa shape index (κ3) is 4.22. The van der Waals surface area contributed by atoms with Gasteiger partial charge in [0, 0.05) is 71.0 Å². The van der Waals surface area contributed by atoms with Gasteiger partial charge >= 0.3 is 6.30 Å². The summed E-state index contributed by atoms with van der Waals surface area (Å²) in [5.74, 6) is -0.909. The summed E-state index contributed by atoms with van der Waals surface area (Å²) < 4.78 is 51.8. The fourth-order valence-electron chi connectivity index (χ4n) is 6.12. The molecule has 1 saturated carbocycles. The Labute approximate surface area is 227 Å². The SMILES string of the molecule is O=C1NC(=O)C2=C1c1cn(c3ccccc13)CCOC(CN(C1CC1)C(F)(F)F)CCn1cc2c2ccccc21. The van der Waals surface area contributed by atoms with E-state index in [4.69, 9.17) is 4.74 Å². The average Bonchev–Trinajstić information content (AvgIpc) is 3.52. The minimum absolute atomic E-state index is 0.202. The summed E-state index contributed by atoms with van der Waals surface area (Å²) in [4.78, 5) is 27.1. The van der Waals surface area contributed by atoms with Crippen molar-refractivity contribution in [3.8, 4) is 0 Å². The summed E-state index contributed by atoms with van der Waals surface area (Å²) in [5, 5.41) is 4.10. The van der Waals surface area contributed by atoms with E-state index in [1.54, 1.807) is 0 Å². The first-order valence-corrected chi connectivity index (χ1v) is 13.5. The van der Waals surface area contributed by atoms with E-state index in [0.717, 1.165) is 21.8 Å². The van der Waals surface area contributed by atoms with Crippen LogP contribution in [0.5, 0.6) is 0 Å². The molecule has 2 amide bonds. The number of para-hydroxylation sites is 2. The molecule has 2 aromatic heterocycles. The van der Waals surface area contributed by atoms with Crippen LogP contribution < -0.4 is 5.32 Å². The molecule has 0 spiro atoms. The van der Waals surface area contributed by atoms with Crippen LogP contribution in [0.1, 0.15) is 30.4 Å². The minimum Gasteiger partial charge on any atom is -0.375 e. The van der Waals surface area contributed by atoms with Crippen LogP contribution in [0.3, 0.4) is 0 Å². The largest absolute Gasteiger partial charge is 0.460 e. The normalized spacial score (nSPS) is 20.4. The van der Waals surface area contributed by atoms with Crippen LogP contribution in [-0.4, -0.2) is 57.4 Å². The molecule has 3 aliphatic rings. The van der Waals surface area contributed by atoms with E-state index in [-0.39, 0.29) is 13.2 Å². The average molecular weight is 549 g/mol. The minimum atomic E-state index is -4.42. The van der Waals surface area contributed by atoms with Gasteiger partial charge in [-0.3, -0.25) is 14.9 Å². The quantitative estimate of drug-likeness (QED) is 0.291. The number of aromatic nitrogens is 2. The monoisotopic (exact) mass is 548 g/mol. The lowest BCUT2D eigenvalue weighted by Gasteiger charge is -2.29. The number of aryl methyl sites for hydroxylation is 1. The highest BCUT2D eigenvalue weighted by Crippen LogP contribution is 2.40. The molecule has 4 bridgehead atoms. The van der Waals surface area contributed by atoms with Gasteiger partial charge in [0.15, 0.2) is 0 Å². The first-order valence-electron chi connectivity index (χ1n) is 13.5. The maximum atomic E-state index is 13.9. The van der Waals surface area contributed by atoms with Gasteiger partial charge in [0.25, 0.3) is 11.8 Å². The predicted octanol–water partition coefficient (Wildman–Crippen LogP) is 4.94. The Morgan fingerprint density at radius 1 is 0.825 bits per heavy atom. The van der Waals surface area contributed by atoms with Gasteiger partial charge < -0.3 is 13.9 Å². The number of carbonyl (C=O) groups excluding carboxylic acids is 2. The fourth-order valence-corrected chi connectivity index (χ4v) is 6.12. The van der Waals surface area contributed by atoms with Crippen molar-refractivity contribution in [2.24, 2.45) is 0 Å². The summed E-state index contributed by atoms with van der Waals surface area (Å²) in [7, 11) is 0. The Morgan fingerprint density at radius 2 is 1.38 bits per heavy atom. The van der Waals surface area contributed by atoms with Gasteiger partial charge in [-0.2, -0.15) is 13.2 Å². The molecule has 7 nitrogen and oxygen atoms in total. The number of ether oxygens (including phenoxy) is 1. The molecule has 1 aliphatic carbocycles. The number of alkyl halides is 3. The number of imide groups is 1. The van der Waals surface area contributed by atoms with Crippen molar-refractivity contribution in [3.63, 3.8) is 0 Å². The smallest absolute Gasteiger partial charge is 0.375 e. The number of nitrogens with zero attached hydrogens (tertiary/aromatic N) is 3. The number of carbonyl (C=O) groups is 2. The highest BCUT2D eigenvalue weighted by molar-refractivity contribution is 6.50. The maximum absolute atomic E-state index is 13.9. The topological polar surface area (TPSA) is 68.5 Å². The van der Waals surface area contributed by atoms with Crippen LogP contribution in [-0.2, 0) is 27.4 Å². The molecule has 1 unspecified atom stereocenters. The third-order valence-corrected chi connectivity index (χ3v) is 8.14. The molecule has 0 radical (unpaired) electrons. The summed E-state index contributed by atoms with van der Waals surface area (Å²) in [6.07, 6.45) is 0.0284. The zero-order valence-corrected chi connectivity index (χ0v) is 21.6. The lowest BCUT2D eigenvalue weighted by molar-refractivity contribution is -0.256. The lowest BCUT2D eigenvalue weighted by atomic mass is 9.95. The van der Waals surface area contributed by atoms with Crippen LogP contribution in [0.4, 0.5) is 13.2 Å². The molecule has 40 heavy (non-hydrogen) atoms. The van der Waals surface area contributed by atoms with E-state index in [9.17, 15) is 22.8 Å². The van der Waals surface area contributed by atoms with Crippen molar-refractivity contribution in [1.82, 2.24) is 19.4 Å². The van der Waals surface area contributed by atoms with E-state index in [1.807, 2.05) is 70.1 Å². The van der Waals surface area contributed by atoms with Crippen LogP contribution >= 0.6 is 0 Å². The highest BCUT2D eigenvalue weighted by Gasteiger charge is 2.47. The standard InChI is InChI=1S/C30H27F3N4O3/c31-30(32,33)37(18-9-10-18)15-19-11-12-35-16-22(20-5-1-3-7-24(20)35)26-27(29(39)34-28(26)38)23-17-36(13-14-40-19)25-8-4-2-6-21(23)25/h1-8,16-19H,9-15H2,(H,34,38,39). The van der Waals surface area contributed by atoms with E-state index in [1.165, 1.54) is 0 Å². The molecule has 4 heterocycles. The molecule has 4 aromatic rings. The molecule has 1 fully saturated rings. The molecule has 2 aliphatic heterocycles. The lowest BCUT2D eigenvalue weighted by Crippen LogP contribution is -2.45. The van der Waals surface area contributed by atoms with Gasteiger partial charge in [0.2, 0.25) is 0 Å². The Morgan fingerprint density at radius 3 is 1.93 bits per heavy atom. The van der Waals surface area contributed by atoms with Crippen molar-refractivity contribution >= 4 is 44.8 Å². The van der Waals surface area contributed by atoms with Crippen molar-refractivity contribution in [3.05, 3.63) is 72.1 Å². The molecule has 10 heteroatoms. The van der Waals surface area contributed by atoms with Gasteiger partial charge in [-0.25, -0.2) is 4.90 Å². The van der Waals surface area contributed by atoms with Gasteiger partial charge in [0.1, 0.15) is 0 Å². The van der Waals surface area contributed by atoms with E-state index in [2.05, 4.69) is 5.32 Å². The molecule has 1 N–H and O–H groups in total. The molecule has 2 aromatic carbocycles. The number of rotatable bonds is 3. The Kier molecular flexibility index (Phi) is 5.87. The van der Waals surface area contributed by atoms with Gasteiger partial charge in [0.05, 0.1) is 23.9 Å². The Hall–Kier alpha value is -3.89. The van der Waals surface area contributed by atoms with Crippen LogP contribution in [0.25, 0.3) is 33.0 Å². The molecular weight excluding hydrogens is 521 g/mol. The molecule has 206 valence electrons. The second-order valence-electron chi connectivity index (χ2n) is 10.7. The molecule has 1 atom stereocenters. The predicted molar refractivity (Wildman–Crippen MR) is 144 cm³/mol. The number of amides is 2. The zero-order valence-electron chi connectivity index (χ0n) is 21.6. The van der Waals surface area contributed by atoms with Gasteiger partial charge in [-0.1, -0.05) is 36.4 Å². The van der Waals surface area contributed by atoms with Gasteiger partial charge in [-0.05, 0) is 31.4 Å². The number of halogens is 3. The molecule has 7 rings (SSSR count). The molecule has 0 saturated heterocycles. The number of hydrogen-bond acceptors (Lipinski definition) is 4. The summed E-state index contributed by atoms with van der Waals surface area (Å²) in [5.41, 5.74) is 3.58. The van der Waals surface area contributed by atoms with Crippen LogP contribution in [0.15, 0.2) is 60.9 Å². The summed E-state index contributed by atoms with van der Waals surface area (Å²) >= 11 is 0. The van der Waals surface area contributed by atoms with Crippen LogP contribution in [0.2, 0.25) is 0 Å². The van der Waals surface area contributed by atoms with E-state index < -0.39 is 30.3 Å². The maximum Gasteiger partial charge on any atom is 0.460 e. The highest BCUT2D eigenvalue weighted by atomic mass is 19.4. The number of benzene rings is 2. The number of fused-ring (bicyclic) bond motifs is 12. The third-order valence-electron chi connectivity index (χ3n) is 8.14. The van der Waals surface area contributed by atoms with Crippen molar-refractivity contribution in [2.45, 2.75) is 50.8 Å². The molecular formula is C30H27F3N4O3. The number of nitrogens with one attached hydrogen (secondary N) is 1. The first-order chi connectivity index (χ1) is 19.3. The Bertz CT molecular complexity index is 1700. The first kappa shape index (κ1) is 25.1. The number of hydrogen-bond donors (Lipinski definition) is 1. The van der Waals surface area contributed by atoms with E-state index in [0.29, 0.717) is 59.5 Å². The van der Waals surface area contributed by atoms with Crippen molar-refractivity contribution in [2.75, 3.05) is 13.2 Å². The van der Waals surface area contributed by atoms with Crippen molar-refractivity contribution in [1.29, 1.82) is 0 Å². The van der Waals surface area contributed by atoms with Gasteiger partial charge in [-0.15, -0.1) is 0 Å². The van der Waals surface area contributed by atoms with Crippen LogP contribution in [0, 0.1) is 0 Å². The second-order valence-corrected chi connectivity index (χ2v) is 10.7. The fraction of sp³-hybridized carbons (Fsp3) is 0.333. The van der Waals surface area contributed by atoms with Crippen molar-refractivity contribution < 1.29 is 27.5 Å². The zero-order chi connectivity index (χ0) is 27.6. The Balaban J connectivity index is 1.39. The summed E-state index contributed by atoms with van der Waals surface area (Å²) in [6.45, 7) is 0.752. The second kappa shape index (κ2) is 9.35.